The molecular weight excluding hydrogens is 370 g/mol. The standard InChI is InChI=1S/C18H24BrN3O2/c1-20(2)7-3-8-21-12-18(24)22-9-6-13-4-5-14(19)10-15(13)16(22)11-17(21)23/h4-5,10,16H,3,6-9,11-12H2,1-2H3. The lowest BCUT2D eigenvalue weighted by Crippen LogP contribution is -2.42. The fraction of sp³-hybridized carbons (Fsp3) is 0.556. The van der Waals surface area contributed by atoms with Crippen molar-refractivity contribution in [1.82, 2.24) is 14.7 Å². The van der Waals surface area contributed by atoms with E-state index in [1.807, 2.05) is 25.1 Å². The molecule has 2 aliphatic rings. The minimum absolute atomic E-state index is 0.0707. The molecule has 6 heteroatoms. The highest BCUT2D eigenvalue weighted by Gasteiger charge is 2.37. The highest BCUT2D eigenvalue weighted by atomic mass is 79.9. The number of hydrogen-bond acceptors (Lipinski definition) is 3. The van der Waals surface area contributed by atoms with Gasteiger partial charge >= 0.3 is 0 Å². The third-order valence-corrected chi connectivity index (χ3v) is 5.36. The Hall–Kier alpha value is -1.40. The Balaban J connectivity index is 1.80. The second kappa shape index (κ2) is 7.23. The van der Waals surface area contributed by atoms with E-state index in [0.29, 0.717) is 19.5 Å². The molecule has 1 saturated heterocycles. The van der Waals surface area contributed by atoms with E-state index in [2.05, 4.69) is 33.0 Å². The topological polar surface area (TPSA) is 43.9 Å². The second-order valence-corrected chi connectivity index (χ2v) is 7.79. The SMILES string of the molecule is CN(C)CCCN1CC(=O)N2CCc3ccc(Br)cc3C2CC1=O. The van der Waals surface area contributed by atoms with Crippen molar-refractivity contribution in [2.45, 2.75) is 25.3 Å². The van der Waals surface area contributed by atoms with Crippen molar-refractivity contribution in [1.29, 1.82) is 0 Å². The van der Waals surface area contributed by atoms with E-state index in [4.69, 9.17) is 0 Å². The van der Waals surface area contributed by atoms with E-state index in [1.54, 1.807) is 4.90 Å². The van der Waals surface area contributed by atoms with Crippen molar-refractivity contribution in [2.75, 3.05) is 40.3 Å². The van der Waals surface area contributed by atoms with E-state index in [0.717, 1.165) is 29.4 Å². The average Bonchev–Trinajstić information content (AvgIpc) is 2.64. The van der Waals surface area contributed by atoms with Gasteiger partial charge in [0.2, 0.25) is 11.8 Å². The molecule has 5 nitrogen and oxygen atoms in total. The Morgan fingerprint density at radius 1 is 1.25 bits per heavy atom. The molecule has 1 unspecified atom stereocenters. The lowest BCUT2D eigenvalue weighted by atomic mass is 9.91. The molecule has 1 aromatic rings. The van der Waals surface area contributed by atoms with Crippen LogP contribution in [0, 0.1) is 0 Å². The van der Waals surface area contributed by atoms with Gasteiger partial charge in [-0.05, 0) is 56.7 Å². The van der Waals surface area contributed by atoms with Crippen LogP contribution in [0.2, 0.25) is 0 Å². The molecule has 1 fully saturated rings. The summed E-state index contributed by atoms with van der Waals surface area (Å²) in [5.41, 5.74) is 2.37. The fourth-order valence-corrected chi connectivity index (χ4v) is 3.98. The smallest absolute Gasteiger partial charge is 0.242 e. The Labute approximate surface area is 151 Å². The number of halogens is 1. The molecule has 1 atom stereocenters. The maximum Gasteiger partial charge on any atom is 0.242 e. The van der Waals surface area contributed by atoms with E-state index in [-0.39, 0.29) is 24.4 Å². The molecule has 130 valence electrons. The summed E-state index contributed by atoms with van der Waals surface area (Å²) < 4.78 is 0.995. The van der Waals surface area contributed by atoms with Gasteiger partial charge < -0.3 is 14.7 Å². The number of carbonyl (C=O) groups is 2. The van der Waals surface area contributed by atoms with Gasteiger partial charge in [-0.3, -0.25) is 9.59 Å². The molecule has 0 spiro atoms. The van der Waals surface area contributed by atoms with Crippen LogP contribution in [0.15, 0.2) is 22.7 Å². The number of fused-ring (bicyclic) bond motifs is 3. The van der Waals surface area contributed by atoms with Crippen LogP contribution in [0.25, 0.3) is 0 Å². The number of rotatable bonds is 4. The summed E-state index contributed by atoms with van der Waals surface area (Å²) in [4.78, 5) is 31.2. The number of benzene rings is 1. The molecule has 0 saturated carbocycles. The highest BCUT2D eigenvalue weighted by molar-refractivity contribution is 9.10. The van der Waals surface area contributed by atoms with Crippen LogP contribution in [-0.4, -0.2) is 66.8 Å². The molecule has 2 aliphatic heterocycles. The lowest BCUT2D eigenvalue weighted by Gasteiger charge is -2.35. The normalized spacial score (nSPS) is 20.9. The van der Waals surface area contributed by atoms with Crippen molar-refractivity contribution < 1.29 is 9.59 Å². The molecule has 2 amide bonds. The summed E-state index contributed by atoms with van der Waals surface area (Å²) >= 11 is 3.51. The number of hydrogen-bond donors (Lipinski definition) is 0. The summed E-state index contributed by atoms with van der Waals surface area (Å²) in [7, 11) is 4.04. The molecule has 2 heterocycles. The summed E-state index contributed by atoms with van der Waals surface area (Å²) in [6.07, 6.45) is 2.13. The molecule has 0 N–H and O–H groups in total. The molecule has 0 aromatic heterocycles. The molecule has 0 radical (unpaired) electrons. The fourth-order valence-electron chi connectivity index (χ4n) is 3.61. The van der Waals surface area contributed by atoms with Gasteiger partial charge in [-0.2, -0.15) is 0 Å². The maximum absolute atomic E-state index is 12.7. The molecule has 24 heavy (non-hydrogen) atoms. The minimum atomic E-state index is -0.120. The van der Waals surface area contributed by atoms with Crippen LogP contribution in [0.1, 0.15) is 30.0 Å². The zero-order valence-electron chi connectivity index (χ0n) is 14.3. The van der Waals surface area contributed by atoms with Gasteiger partial charge in [0.1, 0.15) is 0 Å². The van der Waals surface area contributed by atoms with Gasteiger partial charge in [0.25, 0.3) is 0 Å². The van der Waals surface area contributed by atoms with Gasteiger partial charge in [-0.15, -0.1) is 0 Å². The molecule has 0 bridgehead atoms. The first kappa shape index (κ1) is 17.4. The minimum Gasteiger partial charge on any atom is -0.333 e. The van der Waals surface area contributed by atoms with Crippen LogP contribution in [0.3, 0.4) is 0 Å². The lowest BCUT2D eigenvalue weighted by molar-refractivity contribution is -0.136. The summed E-state index contributed by atoms with van der Waals surface area (Å²) in [6.45, 7) is 2.48. The van der Waals surface area contributed by atoms with Crippen LogP contribution < -0.4 is 0 Å². The van der Waals surface area contributed by atoms with Crippen molar-refractivity contribution in [3.63, 3.8) is 0 Å². The Morgan fingerprint density at radius 2 is 2.04 bits per heavy atom. The van der Waals surface area contributed by atoms with E-state index in [1.165, 1.54) is 5.56 Å². The Kier molecular flexibility index (Phi) is 5.25. The van der Waals surface area contributed by atoms with Gasteiger partial charge in [0, 0.05) is 17.6 Å². The molecule has 1 aromatic carbocycles. The quantitative estimate of drug-likeness (QED) is 0.786. The zero-order valence-corrected chi connectivity index (χ0v) is 15.9. The first-order valence-electron chi connectivity index (χ1n) is 8.46. The van der Waals surface area contributed by atoms with Crippen LogP contribution in [0.4, 0.5) is 0 Å². The van der Waals surface area contributed by atoms with Crippen LogP contribution >= 0.6 is 15.9 Å². The largest absolute Gasteiger partial charge is 0.333 e. The Morgan fingerprint density at radius 3 is 2.79 bits per heavy atom. The first-order chi connectivity index (χ1) is 11.5. The second-order valence-electron chi connectivity index (χ2n) is 6.87. The molecule has 3 rings (SSSR count). The Bertz CT molecular complexity index is 647. The summed E-state index contributed by atoms with van der Waals surface area (Å²) in [5, 5.41) is 0. The number of carbonyl (C=O) groups excluding carboxylic acids is 2. The van der Waals surface area contributed by atoms with Gasteiger partial charge in [0.15, 0.2) is 0 Å². The third-order valence-electron chi connectivity index (χ3n) is 4.87. The summed E-state index contributed by atoms with van der Waals surface area (Å²) in [5.74, 6) is 0.156. The number of amides is 2. The molecular formula is C18H24BrN3O2. The zero-order chi connectivity index (χ0) is 17.3. The van der Waals surface area contributed by atoms with Crippen LogP contribution in [-0.2, 0) is 16.0 Å². The maximum atomic E-state index is 12.7. The van der Waals surface area contributed by atoms with Gasteiger partial charge in [-0.25, -0.2) is 0 Å². The first-order valence-corrected chi connectivity index (χ1v) is 9.25. The van der Waals surface area contributed by atoms with Crippen molar-refractivity contribution >= 4 is 27.7 Å². The predicted molar refractivity (Wildman–Crippen MR) is 96.7 cm³/mol. The third kappa shape index (κ3) is 3.64. The predicted octanol–water partition coefficient (Wildman–Crippen LogP) is 2.06. The van der Waals surface area contributed by atoms with E-state index in [9.17, 15) is 9.59 Å². The van der Waals surface area contributed by atoms with Crippen molar-refractivity contribution in [3.05, 3.63) is 33.8 Å². The van der Waals surface area contributed by atoms with E-state index < -0.39 is 0 Å². The van der Waals surface area contributed by atoms with E-state index >= 15 is 0 Å². The summed E-state index contributed by atoms with van der Waals surface area (Å²) in [6, 6.07) is 6.08. The van der Waals surface area contributed by atoms with Crippen LogP contribution in [0.5, 0.6) is 0 Å². The average molecular weight is 394 g/mol. The van der Waals surface area contributed by atoms with Crippen molar-refractivity contribution in [2.24, 2.45) is 0 Å². The monoisotopic (exact) mass is 393 g/mol. The highest BCUT2D eigenvalue weighted by Crippen LogP contribution is 2.36. The van der Waals surface area contributed by atoms with Gasteiger partial charge in [0.05, 0.1) is 19.0 Å². The molecule has 0 aliphatic carbocycles. The van der Waals surface area contributed by atoms with Gasteiger partial charge in [-0.1, -0.05) is 22.0 Å². The van der Waals surface area contributed by atoms with Crippen molar-refractivity contribution in [3.8, 4) is 0 Å². The number of nitrogens with zero attached hydrogens (tertiary/aromatic N) is 3.